The van der Waals surface area contributed by atoms with Gasteiger partial charge in [0.1, 0.15) is 0 Å². The minimum absolute atomic E-state index is 0.576. The molecule has 5 nitrogen and oxygen atoms in total. The molecule has 2 aromatic rings. The Bertz CT molecular complexity index is 562. The molecule has 1 aliphatic rings. The zero-order chi connectivity index (χ0) is 13.2. The second-order valence-corrected chi connectivity index (χ2v) is 5.16. The van der Waals surface area contributed by atoms with Crippen molar-refractivity contribution in [3.63, 3.8) is 0 Å². The van der Waals surface area contributed by atoms with Crippen molar-refractivity contribution in [3.8, 4) is 0 Å². The number of aromatic nitrogens is 4. The number of nitrogens with zero attached hydrogens (tertiary/aromatic N) is 5. The van der Waals surface area contributed by atoms with Gasteiger partial charge < -0.3 is 4.90 Å². The molecule has 1 aromatic carbocycles. The smallest absolute Gasteiger partial charge is 0.170 e. The highest BCUT2D eigenvalue weighted by Gasteiger charge is 2.26. The summed E-state index contributed by atoms with van der Waals surface area (Å²) >= 11 is 0. The lowest BCUT2D eigenvalue weighted by atomic mass is 10.0. The number of para-hydroxylation sites is 1. The van der Waals surface area contributed by atoms with Crippen molar-refractivity contribution in [2.45, 2.75) is 39.3 Å². The first-order chi connectivity index (χ1) is 9.29. The standard InChI is InChI=1S/C14H19N5/c1-3-8-19-14(15-16-17-19)10-18-9-11(2)12-6-4-5-7-13(12)18/h4-7,11H,3,8-10H2,1-2H3/t11-/m1/s1. The molecular weight excluding hydrogens is 238 g/mol. The molecule has 0 saturated heterocycles. The normalized spacial score (nSPS) is 17.8. The summed E-state index contributed by atoms with van der Waals surface area (Å²) in [6.07, 6.45) is 1.05. The molecule has 0 N–H and O–H groups in total. The van der Waals surface area contributed by atoms with Gasteiger partial charge in [0.2, 0.25) is 0 Å². The van der Waals surface area contributed by atoms with Gasteiger partial charge in [-0.2, -0.15) is 0 Å². The SMILES string of the molecule is CCCn1nnnc1CN1C[C@@H](C)c2ccccc21. The van der Waals surface area contributed by atoms with Gasteiger partial charge in [-0.3, -0.25) is 0 Å². The maximum Gasteiger partial charge on any atom is 0.170 e. The van der Waals surface area contributed by atoms with Crippen LogP contribution < -0.4 is 4.90 Å². The molecule has 19 heavy (non-hydrogen) atoms. The largest absolute Gasteiger partial charge is 0.363 e. The lowest BCUT2D eigenvalue weighted by Gasteiger charge is -2.18. The molecule has 3 rings (SSSR count). The maximum absolute atomic E-state index is 4.16. The van der Waals surface area contributed by atoms with Gasteiger partial charge in [0, 0.05) is 24.7 Å². The Balaban J connectivity index is 1.83. The highest BCUT2D eigenvalue weighted by molar-refractivity contribution is 5.59. The fourth-order valence-electron chi connectivity index (χ4n) is 2.76. The zero-order valence-electron chi connectivity index (χ0n) is 11.5. The molecule has 0 bridgehead atoms. The highest BCUT2D eigenvalue weighted by atomic mass is 15.5. The van der Waals surface area contributed by atoms with E-state index in [2.05, 4.69) is 58.5 Å². The van der Waals surface area contributed by atoms with Crippen LogP contribution in [-0.2, 0) is 13.1 Å². The highest BCUT2D eigenvalue weighted by Crippen LogP contribution is 2.36. The fraction of sp³-hybridized carbons (Fsp3) is 0.500. The lowest BCUT2D eigenvalue weighted by Crippen LogP contribution is -2.23. The van der Waals surface area contributed by atoms with Crippen LogP contribution in [0.1, 0.15) is 37.6 Å². The van der Waals surface area contributed by atoms with Crippen LogP contribution in [0, 0.1) is 0 Å². The quantitative estimate of drug-likeness (QED) is 0.842. The Morgan fingerprint density at radius 3 is 3.00 bits per heavy atom. The number of anilines is 1. The monoisotopic (exact) mass is 257 g/mol. The summed E-state index contributed by atoms with van der Waals surface area (Å²) in [6.45, 7) is 7.12. The van der Waals surface area contributed by atoms with Gasteiger partial charge in [0.25, 0.3) is 0 Å². The third-order valence-electron chi connectivity index (χ3n) is 3.68. The van der Waals surface area contributed by atoms with Crippen molar-refractivity contribution in [3.05, 3.63) is 35.7 Å². The number of tetrazole rings is 1. The maximum atomic E-state index is 4.16. The van der Waals surface area contributed by atoms with Crippen LogP contribution in [0.2, 0.25) is 0 Å². The molecule has 0 spiro atoms. The summed E-state index contributed by atoms with van der Waals surface area (Å²) < 4.78 is 1.91. The molecule has 5 heteroatoms. The van der Waals surface area contributed by atoms with E-state index >= 15 is 0 Å². The number of rotatable bonds is 4. The summed E-state index contributed by atoms with van der Waals surface area (Å²) in [4.78, 5) is 2.37. The molecule has 2 heterocycles. The number of hydrogen-bond acceptors (Lipinski definition) is 4. The first kappa shape index (κ1) is 12.1. The van der Waals surface area contributed by atoms with Gasteiger partial charge in [-0.25, -0.2) is 4.68 Å². The van der Waals surface area contributed by atoms with Crippen LogP contribution in [0.4, 0.5) is 5.69 Å². The number of hydrogen-bond donors (Lipinski definition) is 0. The second kappa shape index (κ2) is 4.99. The Morgan fingerprint density at radius 1 is 1.32 bits per heavy atom. The molecule has 0 amide bonds. The summed E-state index contributed by atoms with van der Waals surface area (Å²) in [6, 6.07) is 8.61. The van der Waals surface area contributed by atoms with Gasteiger partial charge in [-0.05, 0) is 28.5 Å². The van der Waals surface area contributed by atoms with Crippen LogP contribution >= 0.6 is 0 Å². The Kier molecular flexibility index (Phi) is 3.19. The molecule has 0 radical (unpaired) electrons. The zero-order valence-corrected chi connectivity index (χ0v) is 11.5. The van der Waals surface area contributed by atoms with E-state index in [1.165, 1.54) is 11.3 Å². The number of aryl methyl sites for hydroxylation is 1. The minimum Gasteiger partial charge on any atom is -0.363 e. The van der Waals surface area contributed by atoms with Crippen molar-refractivity contribution in [1.82, 2.24) is 20.2 Å². The molecule has 0 unspecified atom stereocenters. The van der Waals surface area contributed by atoms with Crippen molar-refractivity contribution < 1.29 is 0 Å². The summed E-state index contributed by atoms with van der Waals surface area (Å²) in [7, 11) is 0. The van der Waals surface area contributed by atoms with Gasteiger partial charge in [0.05, 0.1) is 6.54 Å². The van der Waals surface area contributed by atoms with Crippen molar-refractivity contribution in [2.24, 2.45) is 0 Å². The first-order valence-corrected chi connectivity index (χ1v) is 6.88. The Labute approximate surface area is 113 Å². The number of benzene rings is 1. The van der Waals surface area contributed by atoms with E-state index in [0.717, 1.165) is 31.9 Å². The van der Waals surface area contributed by atoms with Crippen LogP contribution in [0.3, 0.4) is 0 Å². The van der Waals surface area contributed by atoms with E-state index in [0.29, 0.717) is 5.92 Å². The topological polar surface area (TPSA) is 46.8 Å². The van der Waals surface area contributed by atoms with Crippen LogP contribution in [0.5, 0.6) is 0 Å². The Hall–Kier alpha value is -1.91. The van der Waals surface area contributed by atoms with Gasteiger partial charge in [-0.1, -0.05) is 32.0 Å². The summed E-state index contributed by atoms with van der Waals surface area (Å²) in [5.41, 5.74) is 2.75. The molecule has 0 saturated carbocycles. The second-order valence-electron chi connectivity index (χ2n) is 5.16. The Morgan fingerprint density at radius 2 is 2.16 bits per heavy atom. The van der Waals surface area contributed by atoms with E-state index < -0.39 is 0 Å². The lowest BCUT2D eigenvalue weighted by molar-refractivity contribution is 0.549. The molecular formula is C14H19N5. The minimum atomic E-state index is 0.576. The average molecular weight is 257 g/mol. The van der Waals surface area contributed by atoms with E-state index in [4.69, 9.17) is 0 Å². The van der Waals surface area contributed by atoms with Crippen LogP contribution in [0.25, 0.3) is 0 Å². The van der Waals surface area contributed by atoms with Crippen LogP contribution in [-0.4, -0.2) is 26.8 Å². The van der Waals surface area contributed by atoms with Crippen LogP contribution in [0.15, 0.2) is 24.3 Å². The van der Waals surface area contributed by atoms with Gasteiger partial charge >= 0.3 is 0 Å². The summed E-state index contributed by atoms with van der Waals surface area (Å²) in [5, 5.41) is 12.0. The van der Waals surface area contributed by atoms with Crippen molar-refractivity contribution in [1.29, 1.82) is 0 Å². The summed E-state index contributed by atoms with van der Waals surface area (Å²) in [5.74, 6) is 1.53. The molecule has 1 aromatic heterocycles. The molecule has 1 atom stereocenters. The van der Waals surface area contributed by atoms with E-state index in [1.807, 2.05) is 4.68 Å². The fourth-order valence-corrected chi connectivity index (χ4v) is 2.76. The van der Waals surface area contributed by atoms with Crippen molar-refractivity contribution in [2.75, 3.05) is 11.4 Å². The molecule has 100 valence electrons. The average Bonchev–Trinajstić information content (AvgIpc) is 2.98. The molecule has 0 fully saturated rings. The third kappa shape index (κ3) is 2.20. The van der Waals surface area contributed by atoms with Gasteiger partial charge in [-0.15, -0.1) is 5.10 Å². The molecule has 1 aliphatic heterocycles. The predicted octanol–water partition coefficient (Wildman–Crippen LogP) is 2.21. The first-order valence-electron chi connectivity index (χ1n) is 6.88. The van der Waals surface area contributed by atoms with E-state index in [1.54, 1.807) is 0 Å². The van der Waals surface area contributed by atoms with Crippen molar-refractivity contribution >= 4 is 5.69 Å². The van der Waals surface area contributed by atoms with E-state index in [9.17, 15) is 0 Å². The van der Waals surface area contributed by atoms with Gasteiger partial charge in [0.15, 0.2) is 5.82 Å². The molecule has 0 aliphatic carbocycles. The third-order valence-corrected chi connectivity index (χ3v) is 3.68. The van der Waals surface area contributed by atoms with E-state index in [-0.39, 0.29) is 0 Å². The predicted molar refractivity (Wildman–Crippen MR) is 74.0 cm³/mol. The number of fused-ring (bicyclic) bond motifs is 1.